The lowest BCUT2D eigenvalue weighted by atomic mass is 9.66. The summed E-state index contributed by atoms with van der Waals surface area (Å²) in [7, 11) is 0. The highest BCUT2D eigenvalue weighted by atomic mass is 14.4. The van der Waals surface area contributed by atoms with Gasteiger partial charge in [-0.15, -0.1) is 0 Å². The fourth-order valence-corrected chi connectivity index (χ4v) is 3.38. The molecule has 0 spiro atoms. The summed E-state index contributed by atoms with van der Waals surface area (Å²) < 4.78 is 0. The Morgan fingerprint density at radius 2 is 1.50 bits per heavy atom. The molecule has 120 valence electrons. The third kappa shape index (κ3) is 3.54. The predicted octanol–water partition coefficient (Wildman–Crippen LogP) is 6.63. The molecule has 1 aliphatic rings. The minimum absolute atomic E-state index is 0.127. The molecule has 2 rings (SSSR count). The van der Waals surface area contributed by atoms with E-state index in [0.29, 0.717) is 5.92 Å². The van der Waals surface area contributed by atoms with E-state index in [9.17, 15) is 0 Å². The molecule has 0 saturated heterocycles. The average Bonchev–Trinajstić information content (AvgIpc) is 2.35. The maximum absolute atomic E-state index is 2.48. The van der Waals surface area contributed by atoms with Crippen molar-refractivity contribution in [3.63, 3.8) is 0 Å². The van der Waals surface area contributed by atoms with Gasteiger partial charge in [-0.1, -0.05) is 97.9 Å². The van der Waals surface area contributed by atoms with E-state index in [0.717, 1.165) is 0 Å². The molecule has 0 saturated carbocycles. The fraction of sp³-hybridized carbons (Fsp3) is 0.545. The molecule has 0 amide bonds. The lowest BCUT2D eigenvalue weighted by Gasteiger charge is -2.38. The minimum Gasteiger partial charge on any atom is -0.0796 e. The Kier molecular flexibility index (Phi) is 4.19. The highest BCUT2D eigenvalue weighted by Gasteiger charge is 2.33. The highest BCUT2D eigenvalue weighted by molar-refractivity contribution is 5.74. The van der Waals surface area contributed by atoms with E-state index in [4.69, 9.17) is 0 Å². The second-order valence-electron chi connectivity index (χ2n) is 9.42. The summed E-state index contributed by atoms with van der Waals surface area (Å²) in [5, 5.41) is 0. The molecular weight excluding hydrogens is 264 g/mol. The number of rotatable bonds is 1. The monoisotopic (exact) mass is 296 g/mol. The largest absolute Gasteiger partial charge is 0.0796 e. The molecule has 0 bridgehead atoms. The first-order valence-electron chi connectivity index (χ1n) is 8.44. The normalized spacial score (nSPS) is 21.6. The van der Waals surface area contributed by atoms with Crippen molar-refractivity contribution in [1.29, 1.82) is 0 Å². The molecule has 0 heterocycles. The van der Waals surface area contributed by atoms with Crippen LogP contribution in [-0.2, 0) is 5.41 Å². The molecule has 0 N–H and O–H groups in total. The third-order valence-corrected chi connectivity index (χ3v) is 4.56. The summed E-state index contributed by atoms with van der Waals surface area (Å²) in [6, 6.07) is 8.94. The topological polar surface area (TPSA) is 0 Å². The smallest absolute Gasteiger partial charge is 0.00700 e. The first-order chi connectivity index (χ1) is 9.92. The Hall–Kier alpha value is -1.30. The third-order valence-electron chi connectivity index (χ3n) is 4.56. The first kappa shape index (κ1) is 17.1. The molecule has 22 heavy (non-hydrogen) atoms. The van der Waals surface area contributed by atoms with E-state index in [1.807, 2.05) is 0 Å². The number of allylic oxidation sites excluding steroid dienone is 4. The Morgan fingerprint density at radius 1 is 0.909 bits per heavy atom. The van der Waals surface area contributed by atoms with Gasteiger partial charge in [0.25, 0.3) is 0 Å². The van der Waals surface area contributed by atoms with E-state index in [1.54, 1.807) is 0 Å². The highest BCUT2D eigenvalue weighted by Crippen LogP contribution is 2.46. The standard InChI is InChI=1S/C22H32/c1-20(2,3)18-12-10-9-11-16(18)17-15-22(7,8)14-13-19(17)21(4,5)6/h9-15,19H,1-8H3. The van der Waals surface area contributed by atoms with E-state index >= 15 is 0 Å². The van der Waals surface area contributed by atoms with Crippen LogP contribution in [0.2, 0.25) is 0 Å². The van der Waals surface area contributed by atoms with Crippen molar-refractivity contribution in [3.8, 4) is 0 Å². The SMILES string of the molecule is CC1(C)C=CC(C(C)(C)C)C(c2ccccc2C(C)(C)C)=C1. The zero-order valence-electron chi connectivity index (χ0n) is 15.6. The molecule has 1 unspecified atom stereocenters. The minimum atomic E-state index is 0.127. The van der Waals surface area contributed by atoms with Crippen LogP contribution in [0, 0.1) is 16.7 Å². The van der Waals surface area contributed by atoms with Crippen molar-refractivity contribution in [2.75, 3.05) is 0 Å². The summed E-state index contributed by atoms with van der Waals surface area (Å²) in [5.74, 6) is 0.462. The van der Waals surface area contributed by atoms with Crippen LogP contribution in [0.15, 0.2) is 42.5 Å². The van der Waals surface area contributed by atoms with Crippen LogP contribution in [0.5, 0.6) is 0 Å². The molecular formula is C22H32. The zero-order chi connectivity index (χ0) is 16.8. The molecule has 0 aliphatic heterocycles. The van der Waals surface area contributed by atoms with Crippen molar-refractivity contribution >= 4 is 5.57 Å². The van der Waals surface area contributed by atoms with Crippen LogP contribution in [0.3, 0.4) is 0 Å². The number of hydrogen-bond acceptors (Lipinski definition) is 0. The summed E-state index contributed by atoms with van der Waals surface area (Å²) in [4.78, 5) is 0. The molecule has 0 nitrogen and oxygen atoms in total. The van der Waals surface area contributed by atoms with Crippen LogP contribution < -0.4 is 0 Å². The van der Waals surface area contributed by atoms with Crippen LogP contribution >= 0.6 is 0 Å². The van der Waals surface area contributed by atoms with Gasteiger partial charge in [0.15, 0.2) is 0 Å². The van der Waals surface area contributed by atoms with Crippen LogP contribution in [0.25, 0.3) is 5.57 Å². The van der Waals surface area contributed by atoms with Gasteiger partial charge in [-0.2, -0.15) is 0 Å². The summed E-state index contributed by atoms with van der Waals surface area (Å²) in [6.45, 7) is 18.5. The maximum atomic E-state index is 2.48. The van der Waals surface area contributed by atoms with Crippen molar-refractivity contribution in [2.24, 2.45) is 16.7 Å². The van der Waals surface area contributed by atoms with Crippen molar-refractivity contribution < 1.29 is 0 Å². The Labute approximate surface area is 137 Å². The fourth-order valence-electron chi connectivity index (χ4n) is 3.38. The Bertz CT molecular complexity index is 598. The molecule has 0 aromatic heterocycles. The zero-order valence-corrected chi connectivity index (χ0v) is 15.6. The molecule has 1 aromatic carbocycles. The molecule has 0 fully saturated rings. The van der Waals surface area contributed by atoms with Gasteiger partial charge in [-0.05, 0) is 27.5 Å². The molecule has 1 aliphatic carbocycles. The van der Waals surface area contributed by atoms with Gasteiger partial charge in [-0.3, -0.25) is 0 Å². The quantitative estimate of drug-likeness (QED) is 0.510. The van der Waals surface area contributed by atoms with Gasteiger partial charge in [-0.25, -0.2) is 0 Å². The van der Waals surface area contributed by atoms with Gasteiger partial charge in [0.05, 0.1) is 0 Å². The van der Waals surface area contributed by atoms with E-state index in [2.05, 4.69) is 97.9 Å². The van der Waals surface area contributed by atoms with Gasteiger partial charge >= 0.3 is 0 Å². The molecule has 0 heteroatoms. The van der Waals surface area contributed by atoms with E-state index in [-0.39, 0.29) is 16.2 Å². The Balaban J connectivity index is 2.65. The lowest BCUT2D eigenvalue weighted by Crippen LogP contribution is -2.26. The van der Waals surface area contributed by atoms with E-state index in [1.165, 1.54) is 16.7 Å². The lowest BCUT2D eigenvalue weighted by molar-refractivity contribution is 0.344. The predicted molar refractivity (Wildman–Crippen MR) is 99.0 cm³/mol. The number of hydrogen-bond donors (Lipinski definition) is 0. The summed E-state index contributed by atoms with van der Waals surface area (Å²) in [5.41, 5.74) is 4.87. The van der Waals surface area contributed by atoms with Crippen molar-refractivity contribution in [3.05, 3.63) is 53.6 Å². The first-order valence-corrected chi connectivity index (χ1v) is 8.44. The molecule has 1 atom stereocenters. The maximum Gasteiger partial charge on any atom is 0.00700 e. The van der Waals surface area contributed by atoms with Gasteiger partial charge < -0.3 is 0 Å². The van der Waals surface area contributed by atoms with Gasteiger partial charge in [0, 0.05) is 11.3 Å². The average molecular weight is 296 g/mol. The van der Waals surface area contributed by atoms with Crippen LogP contribution in [0.4, 0.5) is 0 Å². The van der Waals surface area contributed by atoms with Gasteiger partial charge in [0.1, 0.15) is 0 Å². The summed E-state index contributed by atoms with van der Waals surface area (Å²) >= 11 is 0. The second kappa shape index (κ2) is 5.41. The van der Waals surface area contributed by atoms with E-state index < -0.39 is 0 Å². The summed E-state index contributed by atoms with van der Waals surface area (Å²) in [6.07, 6.45) is 7.27. The molecule has 1 aromatic rings. The van der Waals surface area contributed by atoms with Crippen molar-refractivity contribution in [1.82, 2.24) is 0 Å². The van der Waals surface area contributed by atoms with Crippen LogP contribution in [0.1, 0.15) is 66.5 Å². The second-order valence-corrected chi connectivity index (χ2v) is 9.42. The Morgan fingerprint density at radius 3 is 2.05 bits per heavy atom. The van der Waals surface area contributed by atoms with Crippen molar-refractivity contribution in [2.45, 2.75) is 60.8 Å². The molecule has 0 radical (unpaired) electrons. The number of benzene rings is 1. The van der Waals surface area contributed by atoms with Gasteiger partial charge in [0.2, 0.25) is 0 Å². The van der Waals surface area contributed by atoms with Crippen LogP contribution in [-0.4, -0.2) is 0 Å².